The van der Waals surface area contributed by atoms with Crippen LogP contribution in [-0.2, 0) is 7.05 Å². The van der Waals surface area contributed by atoms with Gasteiger partial charge in [0.05, 0.1) is 0 Å². The van der Waals surface area contributed by atoms with E-state index in [1.54, 1.807) is 6.07 Å². The average molecular weight is 315 g/mol. The van der Waals surface area contributed by atoms with Gasteiger partial charge in [-0.05, 0) is 37.6 Å². The van der Waals surface area contributed by atoms with Crippen LogP contribution in [-0.4, -0.2) is 46.3 Å². The van der Waals surface area contributed by atoms with Crippen LogP contribution in [0, 0.1) is 24.6 Å². The van der Waals surface area contributed by atoms with Crippen LogP contribution in [0.1, 0.15) is 17.4 Å². The lowest BCUT2D eigenvalue weighted by molar-refractivity contribution is 0.279. The molecule has 23 heavy (non-hydrogen) atoms. The highest BCUT2D eigenvalue weighted by atomic mass is 19.1. The van der Waals surface area contributed by atoms with Gasteiger partial charge in [0.1, 0.15) is 11.6 Å². The number of likely N-dealkylation sites (tertiary alicyclic amines) is 1. The van der Waals surface area contributed by atoms with Crippen molar-refractivity contribution in [2.75, 3.05) is 31.6 Å². The Morgan fingerprint density at radius 1 is 1.17 bits per heavy atom. The number of hydrogen-bond acceptors (Lipinski definition) is 4. The molecule has 0 radical (unpaired) electrons. The maximum atomic E-state index is 13.6. The number of hydrogen-bond donors (Lipinski definition) is 0. The molecule has 2 aliphatic rings. The standard InChI is InChI=1S/C17H22FN5/c1-11-19-17(22(3)20-11)23-9-13-8-21(2)16(15(13)10-23)12-5-4-6-14(18)7-12/h4-7,13,15-16H,8-10H2,1-3H3/t13-,15+,16-/m0/s1. The molecule has 0 amide bonds. The van der Waals surface area contributed by atoms with E-state index in [-0.39, 0.29) is 11.9 Å². The maximum Gasteiger partial charge on any atom is 0.223 e. The zero-order chi connectivity index (χ0) is 16.1. The molecule has 0 bridgehead atoms. The molecule has 1 aromatic carbocycles. The number of benzene rings is 1. The number of fused-ring (bicyclic) bond motifs is 1. The van der Waals surface area contributed by atoms with Crippen molar-refractivity contribution in [1.29, 1.82) is 0 Å². The van der Waals surface area contributed by atoms with Crippen LogP contribution in [0.2, 0.25) is 0 Å². The first-order valence-corrected chi connectivity index (χ1v) is 8.11. The van der Waals surface area contributed by atoms with Crippen LogP contribution in [0.3, 0.4) is 0 Å². The lowest BCUT2D eigenvalue weighted by Crippen LogP contribution is -2.30. The Bertz CT molecular complexity index is 728. The molecule has 2 saturated heterocycles. The predicted octanol–water partition coefficient (Wildman–Crippen LogP) is 2.00. The largest absolute Gasteiger partial charge is 0.340 e. The van der Waals surface area contributed by atoms with Gasteiger partial charge in [-0.1, -0.05) is 12.1 Å². The second-order valence-corrected chi connectivity index (χ2v) is 6.85. The van der Waals surface area contributed by atoms with Gasteiger partial charge in [0.15, 0.2) is 0 Å². The molecule has 122 valence electrons. The van der Waals surface area contributed by atoms with Gasteiger partial charge >= 0.3 is 0 Å². The number of anilines is 1. The Kier molecular flexibility index (Phi) is 3.37. The summed E-state index contributed by atoms with van der Waals surface area (Å²) in [7, 11) is 4.09. The summed E-state index contributed by atoms with van der Waals surface area (Å²) in [6, 6.07) is 7.32. The van der Waals surface area contributed by atoms with Gasteiger partial charge in [-0.15, -0.1) is 0 Å². The van der Waals surface area contributed by atoms with E-state index >= 15 is 0 Å². The van der Waals surface area contributed by atoms with Gasteiger partial charge in [0.25, 0.3) is 0 Å². The Balaban J connectivity index is 1.61. The van der Waals surface area contributed by atoms with E-state index in [1.165, 1.54) is 6.07 Å². The summed E-state index contributed by atoms with van der Waals surface area (Å²) in [6.07, 6.45) is 0. The zero-order valence-electron chi connectivity index (χ0n) is 13.8. The van der Waals surface area contributed by atoms with E-state index in [1.807, 2.05) is 30.8 Å². The molecule has 3 heterocycles. The number of halogens is 1. The van der Waals surface area contributed by atoms with Gasteiger partial charge in [-0.2, -0.15) is 10.1 Å². The highest BCUT2D eigenvalue weighted by Gasteiger charge is 2.47. The molecule has 2 aliphatic heterocycles. The van der Waals surface area contributed by atoms with Crippen molar-refractivity contribution in [2.45, 2.75) is 13.0 Å². The fourth-order valence-electron chi connectivity index (χ4n) is 4.39. The summed E-state index contributed by atoms with van der Waals surface area (Å²) in [4.78, 5) is 9.25. The van der Waals surface area contributed by atoms with Crippen LogP contribution in [0.5, 0.6) is 0 Å². The third-order valence-corrected chi connectivity index (χ3v) is 5.21. The number of rotatable bonds is 2. The normalized spacial score (nSPS) is 27.7. The van der Waals surface area contributed by atoms with Gasteiger partial charge in [0.2, 0.25) is 5.95 Å². The van der Waals surface area contributed by atoms with Crippen LogP contribution in [0.25, 0.3) is 0 Å². The van der Waals surface area contributed by atoms with Crippen molar-refractivity contribution in [2.24, 2.45) is 18.9 Å². The molecule has 2 aromatic rings. The SMILES string of the molecule is Cc1nc(N2C[C@@H]3CN(C)[C@@H](c4cccc(F)c4)[C@@H]3C2)n(C)n1. The molecule has 4 rings (SSSR count). The minimum Gasteiger partial charge on any atom is -0.340 e. The molecule has 0 saturated carbocycles. The average Bonchev–Trinajstić information content (AvgIpc) is 3.10. The van der Waals surface area contributed by atoms with E-state index < -0.39 is 0 Å². The third-order valence-electron chi connectivity index (χ3n) is 5.21. The monoisotopic (exact) mass is 315 g/mol. The predicted molar refractivity (Wildman–Crippen MR) is 86.7 cm³/mol. The molecule has 0 spiro atoms. The lowest BCUT2D eigenvalue weighted by Gasteiger charge is -2.27. The van der Waals surface area contributed by atoms with E-state index in [0.717, 1.165) is 37.0 Å². The molecular weight excluding hydrogens is 293 g/mol. The van der Waals surface area contributed by atoms with Crippen LogP contribution >= 0.6 is 0 Å². The molecule has 0 aliphatic carbocycles. The van der Waals surface area contributed by atoms with Gasteiger partial charge in [-0.3, -0.25) is 4.90 Å². The van der Waals surface area contributed by atoms with E-state index in [4.69, 9.17) is 0 Å². The van der Waals surface area contributed by atoms with Crippen LogP contribution in [0.4, 0.5) is 10.3 Å². The van der Waals surface area contributed by atoms with Crippen molar-refractivity contribution in [3.05, 3.63) is 41.5 Å². The molecular formula is C17H22FN5. The molecule has 6 heteroatoms. The summed E-state index contributed by atoms with van der Waals surface area (Å²) < 4.78 is 15.5. The zero-order valence-corrected chi connectivity index (χ0v) is 13.8. The van der Waals surface area contributed by atoms with Crippen molar-refractivity contribution in [3.63, 3.8) is 0 Å². The van der Waals surface area contributed by atoms with Crippen LogP contribution in [0.15, 0.2) is 24.3 Å². The lowest BCUT2D eigenvalue weighted by atomic mass is 9.89. The Labute approximate surface area is 135 Å². The highest BCUT2D eigenvalue weighted by Crippen LogP contribution is 2.44. The molecule has 5 nitrogen and oxygen atoms in total. The summed E-state index contributed by atoms with van der Waals surface area (Å²) in [5.41, 5.74) is 1.08. The summed E-state index contributed by atoms with van der Waals surface area (Å²) in [5, 5.41) is 4.36. The molecule has 0 unspecified atom stereocenters. The van der Waals surface area contributed by atoms with Crippen molar-refractivity contribution in [1.82, 2.24) is 19.7 Å². The summed E-state index contributed by atoms with van der Waals surface area (Å²) >= 11 is 0. The Morgan fingerprint density at radius 3 is 2.70 bits per heavy atom. The van der Waals surface area contributed by atoms with Crippen LogP contribution < -0.4 is 4.90 Å². The summed E-state index contributed by atoms with van der Waals surface area (Å²) in [6.45, 7) is 4.90. The Hall–Kier alpha value is -1.95. The van der Waals surface area contributed by atoms with Crippen molar-refractivity contribution < 1.29 is 4.39 Å². The fraction of sp³-hybridized carbons (Fsp3) is 0.529. The smallest absolute Gasteiger partial charge is 0.223 e. The number of aryl methyl sites for hydroxylation is 2. The van der Waals surface area contributed by atoms with E-state index in [9.17, 15) is 4.39 Å². The second kappa shape index (κ2) is 5.30. The minimum absolute atomic E-state index is 0.155. The molecule has 0 N–H and O–H groups in total. The third kappa shape index (κ3) is 2.41. The first-order chi connectivity index (χ1) is 11.0. The van der Waals surface area contributed by atoms with Crippen molar-refractivity contribution in [3.8, 4) is 0 Å². The molecule has 1 aromatic heterocycles. The Morgan fingerprint density at radius 2 is 2.00 bits per heavy atom. The number of aromatic nitrogens is 3. The second-order valence-electron chi connectivity index (χ2n) is 6.85. The highest BCUT2D eigenvalue weighted by molar-refractivity contribution is 5.35. The quantitative estimate of drug-likeness (QED) is 0.849. The summed E-state index contributed by atoms with van der Waals surface area (Å²) in [5.74, 6) is 2.68. The van der Waals surface area contributed by atoms with E-state index in [2.05, 4.69) is 26.9 Å². The van der Waals surface area contributed by atoms with Gasteiger partial charge in [0, 0.05) is 38.6 Å². The van der Waals surface area contributed by atoms with Crippen molar-refractivity contribution >= 4 is 5.95 Å². The van der Waals surface area contributed by atoms with Gasteiger partial charge in [-0.25, -0.2) is 9.07 Å². The first-order valence-electron chi connectivity index (χ1n) is 8.11. The number of nitrogens with zero attached hydrogens (tertiary/aromatic N) is 5. The molecule has 3 atom stereocenters. The fourth-order valence-corrected chi connectivity index (χ4v) is 4.39. The minimum atomic E-state index is -0.155. The maximum absolute atomic E-state index is 13.6. The van der Waals surface area contributed by atoms with Gasteiger partial charge < -0.3 is 4.90 Å². The van der Waals surface area contributed by atoms with E-state index in [0.29, 0.717) is 11.8 Å². The first kappa shape index (κ1) is 14.6. The molecule has 2 fully saturated rings. The topological polar surface area (TPSA) is 37.2 Å².